The second-order valence-corrected chi connectivity index (χ2v) is 9.70. The molecule has 31 heavy (non-hydrogen) atoms. The molecule has 0 aliphatic rings. The van der Waals surface area contributed by atoms with Gasteiger partial charge < -0.3 is 10.1 Å². The van der Waals surface area contributed by atoms with E-state index in [1.54, 1.807) is 0 Å². The highest BCUT2D eigenvalue weighted by Crippen LogP contribution is 2.15. The van der Waals surface area contributed by atoms with Crippen LogP contribution in [0.3, 0.4) is 0 Å². The van der Waals surface area contributed by atoms with E-state index in [1.165, 1.54) is 84.2 Å². The number of carbonyl (C=O) groups excluding carboxylic acids is 2. The Morgan fingerprint density at radius 3 is 1.74 bits per heavy atom. The number of hydrogen-bond donors (Lipinski definition) is 1. The molecule has 0 aromatic rings. The Morgan fingerprint density at radius 2 is 1.19 bits per heavy atom. The topological polar surface area (TPSA) is 55.4 Å². The lowest BCUT2D eigenvalue weighted by Crippen LogP contribution is -2.34. The van der Waals surface area contributed by atoms with E-state index in [0.717, 1.165) is 43.9 Å². The summed E-state index contributed by atoms with van der Waals surface area (Å²) >= 11 is 3.46. The van der Waals surface area contributed by atoms with Gasteiger partial charge in [-0.2, -0.15) is 0 Å². The van der Waals surface area contributed by atoms with Gasteiger partial charge in [-0.05, 0) is 32.1 Å². The summed E-state index contributed by atoms with van der Waals surface area (Å²) < 4.78 is 4.68. The first-order chi connectivity index (χ1) is 15.1. The molecule has 0 aromatic carbocycles. The minimum absolute atomic E-state index is 0.101. The fourth-order valence-corrected chi connectivity index (χ4v) is 4.36. The number of esters is 1. The van der Waals surface area contributed by atoms with Crippen molar-refractivity contribution >= 4 is 27.8 Å². The molecule has 0 saturated heterocycles. The van der Waals surface area contributed by atoms with Gasteiger partial charge in [0.15, 0.2) is 0 Å². The van der Waals surface area contributed by atoms with Crippen LogP contribution in [-0.4, -0.2) is 30.4 Å². The molecule has 0 spiro atoms. The lowest BCUT2D eigenvalue weighted by atomic mass is 9.99. The molecule has 0 rings (SSSR count). The minimum Gasteiger partial charge on any atom is -0.469 e. The molecule has 0 heterocycles. The smallest absolute Gasteiger partial charge is 0.305 e. The first-order valence-corrected chi connectivity index (χ1v) is 14.2. The van der Waals surface area contributed by atoms with Crippen LogP contribution in [0.15, 0.2) is 0 Å². The maximum Gasteiger partial charge on any atom is 0.305 e. The maximum absolute atomic E-state index is 12.4. The summed E-state index contributed by atoms with van der Waals surface area (Å²) in [4.78, 5) is 23.5. The van der Waals surface area contributed by atoms with Crippen LogP contribution in [0, 0.1) is 0 Å². The fourth-order valence-electron chi connectivity index (χ4n) is 3.96. The molecule has 1 unspecified atom stereocenters. The van der Waals surface area contributed by atoms with E-state index in [9.17, 15) is 9.59 Å². The number of ether oxygens (including phenoxy) is 1. The molecule has 4 nitrogen and oxygen atoms in total. The summed E-state index contributed by atoms with van der Waals surface area (Å²) in [7, 11) is 1.45. The number of alkyl halides is 1. The molecule has 0 aliphatic heterocycles. The van der Waals surface area contributed by atoms with Crippen LogP contribution < -0.4 is 5.32 Å². The van der Waals surface area contributed by atoms with E-state index in [2.05, 4.69) is 32.9 Å². The second-order valence-electron chi connectivity index (χ2n) is 8.91. The van der Waals surface area contributed by atoms with Crippen molar-refractivity contribution in [2.24, 2.45) is 0 Å². The first kappa shape index (κ1) is 30.4. The van der Waals surface area contributed by atoms with Gasteiger partial charge in [-0.25, -0.2) is 0 Å². The Bertz CT molecular complexity index is 417. The molecule has 184 valence electrons. The molecular formula is C26H50BrNO3. The molecule has 1 amide bonds. The number of carbonyl (C=O) groups is 2. The lowest BCUT2D eigenvalue weighted by Gasteiger charge is -2.19. The second kappa shape index (κ2) is 24.1. The first-order valence-electron chi connectivity index (χ1n) is 13.1. The van der Waals surface area contributed by atoms with Crippen molar-refractivity contribution in [2.45, 2.75) is 141 Å². The molecule has 1 N–H and O–H groups in total. The Labute approximate surface area is 201 Å². The predicted molar refractivity (Wildman–Crippen MR) is 136 cm³/mol. The number of halogens is 1. The van der Waals surface area contributed by atoms with Crippen LogP contribution >= 0.6 is 15.9 Å². The average Bonchev–Trinajstić information content (AvgIpc) is 2.77. The van der Waals surface area contributed by atoms with Gasteiger partial charge in [-0.15, -0.1) is 0 Å². The van der Waals surface area contributed by atoms with Crippen LogP contribution in [0.2, 0.25) is 0 Å². The fraction of sp³-hybridized carbons (Fsp3) is 0.923. The zero-order valence-corrected chi connectivity index (χ0v) is 22.1. The van der Waals surface area contributed by atoms with E-state index in [4.69, 9.17) is 0 Å². The van der Waals surface area contributed by atoms with Crippen LogP contribution in [0.25, 0.3) is 0 Å². The Morgan fingerprint density at radius 1 is 0.710 bits per heavy atom. The quantitative estimate of drug-likeness (QED) is 0.0875. The van der Waals surface area contributed by atoms with Gasteiger partial charge in [0.25, 0.3) is 0 Å². The highest BCUT2D eigenvalue weighted by atomic mass is 79.9. The number of unbranched alkanes of at least 4 members (excludes halogenated alkanes) is 13. The molecule has 5 heteroatoms. The average molecular weight is 505 g/mol. The summed E-state index contributed by atoms with van der Waals surface area (Å²) in [6, 6.07) is 0.348. The molecule has 0 saturated carbocycles. The predicted octanol–water partition coefficient (Wildman–Crippen LogP) is 7.86. The number of nitrogens with one attached hydrogen (secondary N) is 1. The third-order valence-electron chi connectivity index (χ3n) is 5.97. The van der Waals surface area contributed by atoms with Crippen molar-refractivity contribution in [1.82, 2.24) is 5.32 Å². The van der Waals surface area contributed by atoms with Crippen molar-refractivity contribution in [1.29, 1.82) is 0 Å². The van der Waals surface area contributed by atoms with E-state index in [-0.39, 0.29) is 11.9 Å². The molecular weight excluding hydrogens is 454 g/mol. The van der Waals surface area contributed by atoms with Gasteiger partial charge in [0.05, 0.1) is 7.11 Å². The van der Waals surface area contributed by atoms with Gasteiger partial charge in [0.2, 0.25) is 5.91 Å². The standard InChI is InChI=1S/C26H50BrNO3/c1-3-4-5-6-9-14-19-24(28-25(29)21-16-12-13-18-23-27)20-15-10-7-8-11-17-22-26(30)31-2/h24H,3-23H2,1-2H3,(H,28,29). The summed E-state index contributed by atoms with van der Waals surface area (Å²) in [5.41, 5.74) is 0. The molecule has 0 radical (unpaired) electrons. The van der Waals surface area contributed by atoms with Crippen molar-refractivity contribution in [3.63, 3.8) is 0 Å². The van der Waals surface area contributed by atoms with Crippen molar-refractivity contribution in [3.8, 4) is 0 Å². The van der Waals surface area contributed by atoms with Gasteiger partial charge in [-0.1, -0.05) is 106 Å². The van der Waals surface area contributed by atoms with Crippen LogP contribution in [0.5, 0.6) is 0 Å². The molecule has 0 aliphatic carbocycles. The minimum atomic E-state index is -0.101. The summed E-state index contributed by atoms with van der Waals surface area (Å²) in [6.45, 7) is 2.25. The maximum atomic E-state index is 12.4. The third-order valence-corrected chi connectivity index (χ3v) is 6.53. The van der Waals surface area contributed by atoms with E-state index < -0.39 is 0 Å². The zero-order chi connectivity index (χ0) is 23.0. The van der Waals surface area contributed by atoms with Crippen molar-refractivity contribution < 1.29 is 14.3 Å². The molecule has 0 fully saturated rings. The highest BCUT2D eigenvalue weighted by molar-refractivity contribution is 9.09. The largest absolute Gasteiger partial charge is 0.469 e. The van der Waals surface area contributed by atoms with E-state index in [0.29, 0.717) is 18.9 Å². The van der Waals surface area contributed by atoms with Gasteiger partial charge in [0.1, 0.15) is 0 Å². The Balaban J connectivity index is 4.02. The van der Waals surface area contributed by atoms with Crippen molar-refractivity contribution in [2.75, 3.05) is 12.4 Å². The van der Waals surface area contributed by atoms with E-state index in [1.807, 2.05) is 0 Å². The van der Waals surface area contributed by atoms with Crippen LogP contribution in [0.4, 0.5) is 0 Å². The van der Waals surface area contributed by atoms with E-state index >= 15 is 0 Å². The normalized spacial score (nSPS) is 12.0. The summed E-state index contributed by atoms with van der Waals surface area (Å²) in [6.07, 6.45) is 22.7. The highest BCUT2D eigenvalue weighted by Gasteiger charge is 2.12. The number of amides is 1. The van der Waals surface area contributed by atoms with Gasteiger partial charge in [0, 0.05) is 24.2 Å². The van der Waals surface area contributed by atoms with Gasteiger partial charge in [-0.3, -0.25) is 9.59 Å². The number of methoxy groups -OCH3 is 1. The van der Waals surface area contributed by atoms with Crippen LogP contribution in [0.1, 0.15) is 135 Å². The van der Waals surface area contributed by atoms with Crippen LogP contribution in [-0.2, 0) is 14.3 Å². The molecule has 1 atom stereocenters. The molecule has 0 aromatic heterocycles. The number of hydrogen-bond acceptors (Lipinski definition) is 3. The van der Waals surface area contributed by atoms with Gasteiger partial charge >= 0.3 is 5.97 Å². The third kappa shape index (κ3) is 22.4. The van der Waals surface area contributed by atoms with Crippen molar-refractivity contribution in [3.05, 3.63) is 0 Å². The molecule has 0 bridgehead atoms. The summed E-state index contributed by atoms with van der Waals surface area (Å²) in [5.74, 6) is 0.147. The lowest BCUT2D eigenvalue weighted by molar-refractivity contribution is -0.140. The Kier molecular flexibility index (Phi) is 23.6. The monoisotopic (exact) mass is 503 g/mol. The zero-order valence-electron chi connectivity index (χ0n) is 20.5. The SMILES string of the molecule is CCCCCCCCC(CCCCCCCCC(=O)OC)NC(=O)CCCCCCBr. The Hall–Kier alpha value is -0.580. The number of rotatable bonds is 23. The summed E-state index contributed by atoms with van der Waals surface area (Å²) in [5, 5.41) is 4.40.